The smallest absolute Gasteiger partial charge is 0.311 e. The van der Waals surface area contributed by atoms with E-state index in [0.29, 0.717) is 5.56 Å². The molecule has 0 amide bonds. The molecule has 1 aliphatic rings. The highest BCUT2D eigenvalue weighted by atomic mass is 16.6. The van der Waals surface area contributed by atoms with Gasteiger partial charge in [0.25, 0.3) is 0 Å². The lowest BCUT2D eigenvalue weighted by atomic mass is 10.0. The van der Waals surface area contributed by atoms with Crippen LogP contribution >= 0.6 is 0 Å². The molecule has 1 aromatic carbocycles. The van der Waals surface area contributed by atoms with Gasteiger partial charge in [0.15, 0.2) is 5.75 Å². The molecule has 0 fully saturated rings. The summed E-state index contributed by atoms with van der Waals surface area (Å²) in [6, 6.07) is 1.13. The van der Waals surface area contributed by atoms with E-state index >= 15 is 0 Å². The second kappa shape index (κ2) is 3.20. The van der Waals surface area contributed by atoms with Crippen molar-refractivity contribution in [2.24, 2.45) is 5.73 Å². The van der Waals surface area contributed by atoms with E-state index in [2.05, 4.69) is 0 Å². The van der Waals surface area contributed by atoms with Crippen LogP contribution in [0.5, 0.6) is 5.75 Å². The fraction of sp³-hybridized carbons (Fsp3) is 0.400. The molecule has 1 atom stereocenters. The maximum atomic E-state index is 10.7. The van der Waals surface area contributed by atoms with E-state index in [1.165, 1.54) is 6.07 Å². The molecule has 0 spiro atoms. The number of phenolic OH excluding ortho intramolecular Hbond substituents is 1. The molecule has 5 nitrogen and oxygen atoms in total. The second-order valence-electron chi connectivity index (χ2n) is 3.86. The molecule has 80 valence electrons. The molecule has 5 heteroatoms. The van der Waals surface area contributed by atoms with Crippen molar-refractivity contribution in [3.05, 3.63) is 32.9 Å². The highest BCUT2D eigenvalue weighted by Gasteiger charge is 2.30. The summed E-state index contributed by atoms with van der Waals surface area (Å²) in [7, 11) is 0. The van der Waals surface area contributed by atoms with Crippen molar-refractivity contribution < 1.29 is 10.0 Å². The largest absolute Gasteiger partial charge is 0.502 e. The highest BCUT2D eigenvalue weighted by molar-refractivity contribution is 5.60. The van der Waals surface area contributed by atoms with E-state index in [1.54, 1.807) is 0 Å². The normalized spacial score (nSPS) is 18.9. The first-order valence-electron chi connectivity index (χ1n) is 4.77. The van der Waals surface area contributed by atoms with Crippen LogP contribution in [0.2, 0.25) is 0 Å². The first-order valence-corrected chi connectivity index (χ1v) is 4.77. The Morgan fingerprint density at radius 1 is 1.67 bits per heavy atom. The number of hydrogen-bond donors (Lipinski definition) is 2. The van der Waals surface area contributed by atoms with Gasteiger partial charge in [0, 0.05) is 17.7 Å². The molecular weight excluding hydrogens is 196 g/mol. The Kier molecular flexibility index (Phi) is 2.12. The lowest BCUT2D eigenvalue weighted by Crippen LogP contribution is -2.06. The van der Waals surface area contributed by atoms with Gasteiger partial charge >= 0.3 is 5.69 Å². The zero-order valence-corrected chi connectivity index (χ0v) is 8.36. The van der Waals surface area contributed by atoms with Crippen molar-refractivity contribution in [1.29, 1.82) is 0 Å². The molecule has 0 saturated heterocycles. The van der Waals surface area contributed by atoms with E-state index < -0.39 is 4.92 Å². The number of fused-ring (bicyclic) bond motifs is 1. The number of nitrogens with zero attached hydrogens (tertiary/aromatic N) is 1. The summed E-state index contributed by atoms with van der Waals surface area (Å²) in [5, 5.41) is 20.4. The minimum Gasteiger partial charge on any atom is -0.502 e. The van der Waals surface area contributed by atoms with Gasteiger partial charge in [0.2, 0.25) is 0 Å². The maximum absolute atomic E-state index is 10.7. The molecule has 0 radical (unpaired) electrons. The molecule has 2 rings (SSSR count). The van der Waals surface area contributed by atoms with Crippen molar-refractivity contribution in [2.45, 2.75) is 25.8 Å². The molecular formula is C10H12N2O3. The van der Waals surface area contributed by atoms with E-state index in [0.717, 1.165) is 24.0 Å². The summed E-state index contributed by atoms with van der Waals surface area (Å²) in [6.45, 7) is 1.81. The standard InChI is InChI=1S/C10H12N2O3/c1-5-4-8(12(14)15)10(13)9-6(5)2-3-7(9)11/h4,7,13H,2-3,11H2,1H3. The molecule has 0 bridgehead atoms. The summed E-state index contributed by atoms with van der Waals surface area (Å²) >= 11 is 0. The van der Waals surface area contributed by atoms with Crippen LogP contribution < -0.4 is 5.73 Å². The number of nitro groups is 1. The van der Waals surface area contributed by atoms with Crippen molar-refractivity contribution in [3.8, 4) is 5.75 Å². The van der Waals surface area contributed by atoms with E-state index in [9.17, 15) is 15.2 Å². The van der Waals surface area contributed by atoms with Gasteiger partial charge < -0.3 is 10.8 Å². The first kappa shape index (κ1) is 9.92. The molecule has 1 aromatic rings. The predicted molar refractivity (Wildman–Crippen MR) is 54.7 cm³/mol. The molecule has 0 saturated carbocycles. The minimum atomic E-state index is -0.576. The Morgan fingerprint density at radius 2 is 2.33 bits per heavy atom. The van der Waals surface area contributed by atoms with E-state index in [4.69, 9.17) is 5.73 Å². The number of nitrogens with two attached hydrogens (primary N) is 1. The molecule has 3 N–H and O–H groups in total. The summed E-state index contributed by atoms with van der Waals surface area (Å²) < 4.78 is 0. The zero-order valence-electron chi connectivity index (χ0n) is 8.36. The number of nitro benzene ring substituents is 1. The first-order chi connectivity index (χ1) is 7.02. The van der Waals surface area contributed by atoms with Crippen LogP contribution in [0.3, 0.4) is 0 Å². The average molecular weight is 208 g/mol. The third kappa shape index (κ3) is 1.35. The van der Waals surface area contributed by atoms with Crippen LogP contribution in [0.15, 0.2) is 6.07 Å². The highest BCUT2D eigenvalue weighted by Crippen LogP contribution is 2.43. The Morgan fingerprint density at radius 3 is 2.93 bits per heavy atom. The lowest BCUT2D eigenvalue weighted by Gasteiger charge is -2.09. The van der Waals surface area contributed by atoms with Crippen LogP contribution in [0.1, 0.15) is 29.2 Å². The van der Waals surface area contributed by atoms with Gasteiger partial charge in [-0.2, -0.15) is 0 Å². The number of aromatic hydroxyl groups is 1. The van der Waals surface area contributed by atoms with Gasteiger partial charge in [-0.25, -0.2) is 0 Å². The maximum Gasteiger partial charge on any atom is 0.311 e. The molecule has 1 aliphatic carbocycles. The third-order valence-corrected chi connectivity index (χ3v) is 2.92. The Balaban J connectivity index is 2.71. The second-order valence-corrected chi connectivity index (χ2v) is 3.86. The van der Waals surface area contributed by atoms with Crippen LogP contribution in [0.4, 0.5) is 5.69 Å². The molecule has 15 heavy (non-hydrogen) atoms. The van der Waals surface area contributed by atoms with Gasteiger partial charge in [-0.3, -0.25) is 10.1 Å². The fourth-order valence-corrected chi connectivity index (χ4v) is 2.17. The minimum absolute atomic E-state index is 0.247. The van der Waals surface area contributed by atoms with Crippen molar-refractivity contribution in [1.82, 2.24) is 0 Å². The summed E-state index contributed by atoms with van der Waals surface area (Å²) in [4.78, 5) is 10.1. The quantitative estimate of drug-likeness (QED) is 0.541. The lowest BCUT2D eigenvalue weighted by molar-refractivity contribution is -0.386. The average Bonchev–Trinajstić information content (AvgIpc) is 2.54. The van der Waals surface area contributed by atoms with Crippen molar-refractivity contribution in [2.75, 3.05) is 0 Å². The molecule has 1 unspecified atom stereocenters. The predicted octanol–water partition coefficient (Wildman–Crippen LogP) is 1.55. The van der Waals surface area contributed by atoms with E-state index in [1.807, 2.05) is 6.92 Å². The Labute approximate surface area is 86.7 Å². The number of aryl methyl sites for hydroxylation is 1. The van der Waals surface area contributed by atoms with E-state index in [-0.39, 0.29) is 17.5 Å². The summed E-state index contributed by atoms with van der Waals surface area (Å²) in [5.41, 5.74) is 7.91. The Bertz CT molecular complexity index is 443. The topological polar surface area (TPSA) is 89.4 Å². The zero-order chi connectivity index (χ0) is 11.2. The third-order valence-electron chi connectivity index (χ3n) is 2.92. The Hall–Kier alpha value is -1.62. The molecule has 0 heterocycles. The van der Waals surface area contributed by atoms with Crippen LogP contribution in [-0.4, -0.2) is 10.0 Å². The van der Waals surface area contributed by atoms with Gasteiger partial charge in [-0.15, -0.1) is 0 Å². The van der Waals surface area contributed by atoms with Crippen molar-refractivity contribution in [3.63, 3.8) is 0 Å². The fourth-order valence-electron chi connectivity index (χ4n) is 2.17. The summed E-state index contributed by atoms with van der Waals surface area (Å²) in [6.07, 6.45) is 1.53. The number of rotatable bonds is 1. The molecule has 0 aliphatic heterocycles. The SMILES string of the molecule is Cc1cc([N+](=O)[O-])c(O)c2c1CCC2N. The van der Waals surface area contributed by atoms with Gasteiger partial charge in [-0.05, 0) is 30.9 Å². The van der Waals surface area contributed by atoms with Crippen molar-refractivity contribution >= 4 is 5.69 Å². The monoisotopic (exact) mass is 208 g/mol. The van der Waals surface area contributed by atoms with Crippen LogP contribution in [-0.2, 0) is 6.42 Å². The number of phenols is 1. The number of hydrogen-bond acceptors (Lipinski definition) is 4. The van der Waals surface area contributed by atoms with Gasteiger partial charge in [-0.1, -0.05) is 0 Å². The van der Waals surface area contributed by atoms with Crippen LogP contribution in [0.25, 0.3) is 0 Å². The molecule has 0 aromatic heterocycles. The van der Waals surface area contributed by atoms with Crippen LogP contribution in [0, 0.1) is 17.0 Å². The summed E-state index contributed by atoms with van der Waals surface area (Å²) in [5.74, 6) is -0.259. The van der Waals surface area contributed by atoms with Gasteiger partial charge in [0.1, 0.15) is 0 Å². The van der Waals surface area contributed by atoms with Gasteiger partial charge in [0.05, 0.1) is 4.92 Å². The number of benzene rings is 1.